The van der Waals surface area contributed by atoms with Gasteiger partial charge in [0.15, 0.2) is 9.84 Å². The Labute approximate surface area is 129 Å². The number of carbonyl (C=O) groups is 2. The first-order chi connectivity index (χ1) is 9.70. The van der Waals surface area contributed by atoms with Crippen molar-refractivity contribution < 1.29 is 23.1 Å². The first-order valence-corrected chi connectivity index (χ1v) is 9.66. The van der Waals surface area contributed by atoms with Gasteiger partial charge in [-0.2, -0.15) is 11.8 Å². The molecule has 0 aliphatic carbocycles. The number of carboxylic acid groups (broad SMARTS) is 1. The van der Waals surface area contributed by atoms with E-state index in [1.807, 2.05) is 0 Å². The Kier molecular flexibility index (Phi) is 6.33. The second-order valence-corrected chi connectivity index (χ2v) is 8.67. The van der Waals surface area contributed by atoms with Crippen molar-refractivity contribution in [1.82, 2.24) is 9.80 Å². The largest absolute Gasteiger partial charge is 0.480 e. The summed E-state index contributed by atoms with van der Waals surface area (Å²) in [5.74, 6) is -0.164. The molecule has 1 heterocycles. The summed E-state index contributed by atoms with van der Waals surface area (Å²) in [6, 6.07) is -0.831. The number of aliphatic carboxylic acids is 1. The van der Waals surface area contributed by atoms with Crippen LogP contribution in [-0.2, 0) is 14.6 Å². The Morgan fingerprint density at radius 2 is 2.05 bits per heavy atom. The van der Waals surface area contributed by atoms with Gasteiger partial charge in [0.1, 0.15) is 11.9 Å². The molecule has 21 heavy (non-hydrogen) atoms. The van der Waals surface area contributed by atoms with Gasteiger partial charge in [0, 0.05) is 29.8 Å². The van der Waals surface area contributed by atoms with Crippen molar-refractivity contribution in [1.29, 1.82) is 0 Å². The van der Waals surface area contributed by atoms with E-state index in [1.54, 1.807) is 20.8 Å². The SMILES string of the molecule is CCS(=O)(=O)C1CSCCN1C(=O)N(CC(=O)O)C(C)C. The van der Waals surface area contributed by atoms with Gasteiger partial charge in [0.25, 0.3) is 0 Å². The number of nitrogens with zero attached hydrogens (tertiary/aromatic N) is 2. The Morgan fingerprint density at radius 1 is 1.43 bits per heavy atom. The maximum Gasteiger partial charge on any atom is 0.323 e. The first kappa shape index (κ1) is 18.1. The molecule has 0 aromatic carbocycles. The zero-order valence-electron chi connectivity index (χ0n) is 12.5. The smallest absolute Gasteiger partial charge is 0.323 e. The lowest BCUT2D eigenvalue weighted by atomic mass is 10.3. The third-order valence-corrected chi connectivity index (χ3v) is 6.61. The van der Waals surface area contributed by atoms with Gasteiger partial charge in [-0.05, 0) is 13.8 Å². The topological polar surface area (TPSA) is 95.0 Å². The van der Waals surface area contributed by atoms with E-state index in [4.69, 9.17) is 5.11 Å². The molecule has 9 heteroatoms. The molecule has 1 aliphatic heterocycles. The Hall–Kier alpha value is -0.960. The first-order valence-electron chi connectivity index (χ1n) is 6.79. The minimum Gasteiger partial charge on any atom is -0.480 e. The number of thioether (sulfide) groups is 1. The minimum atomic E-state index is -3.39. The zero-order chi connectivity index (χ0) is 16.2. The number of hydrogen-bond donors (Lipinski definition) is 1. The Morgan fingerprint density at radius 3 is 2.52 bits per heavy atom. The van der Waals surface area contributed by atoms with Crippen molar-refractivity contribution in [2.24, 2.45) is 0 Å². The van der Waals surface area contributed by atoms with Crippen LogP contribution in [-0.4, -0.2) is 77.1 Å². The van der Waals surface area contributed by atoms with E-state index >= 15 is 0 Å². The fourth-order valence-corrected chi connectivity index (χ4v) is 5.03. The molecule has 2 amide bonds. The van der Waals surface area contributed by atoms with Crippen LogP contribution in [0.25, 0.3) is 0 Å². The molecular weight excluding hydrogens is 316 g/mol. The predicted octanol–water partition coefficient (Wildman–Crippen LogP) is 0.711. The lowest BCUT2D eigenvalue weighted by Crippen LogP contribution is -2.57. The van der Waals surface area contributed by atoms with E-state index in [-0.39, 0.29) is 11.8 Å². The summed E-state index contributed by atoms with van der Waals surface area (Å²) in [4.78, 5) is 26.0. The van der Waals surface area contributed by atoms with Crippen molar-refractivity contribution in [2.45, 2.75) is 32.2 Å². The average Bonchev–Trinajstić information content (AvgIpc) is 2.43. The maximum absolute atomic E-state index is 12.6. The number of sulfone groups is 1. The second-order valence-electron chi connectivity index (χ2n) is 5.07. The van der Waals surface area contributed by atoms with Gasteiger partial charge >= 0.3 is 12.0 Å². The van der Waals surface area contributed by atoms with Crippen LogP contribution in [0, 0.1) is 0 Å². The maximum atomic E-state index is 12.6. The monoisotopic (exact) mass is 338 g/mol. The van der Waals surface area contributed by atoms with Crippen molar-refractivity contribution in [3.8, 4) is 0 Å². The standard InChI is InChI=1S/C12H22N2O5S2/c1-4-21(18,19)10-8-20-6-5-13(10)12(17)14(9(2)3)7-11(15)16/h9-10H,4-8H2,1-3H3,(H,15,16). The van der Waals surface area contributed by atoms with Crippen LogP contribution in [0.4, 0.5) is 4.79 Å². The molecule has 1 fully saturated rings. The van der Waals surface area contributed by atoms with Crippen LogP contribution >= 0.6 is 11.8 Å². The van der Waals surface area contributed by atoms with Gasteiger partial charge in [-0.3, -0.25) is 4.79 Å². The number of urea groups is 1. The van der Waals surface area contributed by atoms with Gasteiger partial charge < -0.3 is 14.9 Å². The highest BCUT2D eigenvalue weighted by molar-refractivity contribution is 8.01. The lowest BCUT2D eigenvalue weighted by Gasteiger charge is -2.39. The summed E-state index contributed by atoms with van der Waals surface area (Å²) >= 11 is 1.49. The summed E-state index contributed by atoms with van der Waals surface area (Å²) in [5.41, 5.74) is 0. The van der Waals surface area contributed by atoms with Gasteiger partial charge in [-0.25, -0.2) is 13.2 Å². The van der Waals surface area contributed by atoms with Crippen molar-refractivity contribution >= 4 is 33.6 Å². The molecule has 0 saturated carbocycles. The average molecular weight is 338 g/mol. The van der Waals surface area contributed by atoms with Crippen LogP contribution in [0.3, 0.4) is 0 Å². The molecule has 0 radical (unpaired) electrons. The van der Waals surface area contributed by atoms with E-state index in [0.717, 1.165) is 0 Å². The van der Waals surface area contributed by atoms with E-state index < -0.39 is 33.8 Å². The molecule has 1 unspecified atom stereocenters. The van der Waals surface area contributed by atoms with Crippen LogP contribution in [0.1, 0.15) is 20.8 Å². The van der Waals surface area contributed by atoms with E-state index in [2.05, 4.69) is 0 Å². The van der Waals surface area contributed by atoms with E-state index in [9.17, 15) is 18.0 Å². The zero-order valence-corrected chi connectivity index (χ0v) is 14.1. The number of hydrogen-bond acceptors (Lipinski definition) is 5. The predicted molar refractivity (Wildman–Crippen MR) is 82.2 cm³/mol. The number of rotatable bonds is 5. The normalized spacial score (nSPS) is 19.6. The lowest BCUT2D eigenvalue weighted by molar-refractivity contribution is -0.138. The van der Waals surface area contributed by atoms with E-state index in [0.29, 0.717) is 18.1 Å². The molecule has 0 bridgehead atoms. The van der Waals surface area contributed by atoms with Crippen molar-refractivity contribution in [3.05, 3.63) is 0 Å². The molecule has 7 nitrogen and oxygen atoms in total. The molecule has 122 valence electrons. The van der Waals surface area contributed by atoms with Gasteiger partial charge in [-0.15, -0.1) is 0 Å². The quantitative estimate of drug-likeness (QED) is 0.793. The van der Waals surface area contributed by atoms with Gasteiger partial charge in [0.05, 0.1) is 0 Å². The van der Waals surface area contributed by atoms with Crippen LogP contribution in [0.2, 0.25) is 0 Å². The third kappa shape index (κ3) is 4.50. The molecule has 1 atom stereocenters. The van der Waals surface area contributed by atoms with E-state index in [1.165, 1.54) is 21.6 Å². The highest BCUT2D eigenvalue weighted by Crippen LogP contribution is 2.23. The molecule has 1 saturated heterocycles. The summed E-state index contributed by atoms with van der Waals surface area (Å²) in [6.45, 7) is 4.86. The highest BCUT2D eigenvalue weighted by atomic mass is 32.2. The highest BCUT2D eigenvalue weighted by Gasteiger charge is 2.38. The molecular formula is C12H22N2O5S2. The fourth-order valence-electron chi connectivity index (χ4n) is 2.07. The summed E-state index contributed by atoms with van der Waals surface area (Å²) < 4.78 is 24.3. The molecule has 1 aliphatic rings. The van der Waals surface area contributed by atoms with Crippen LogP contribution in [0.15, 0.2) is 0 Å². The molecule has 1 N–H and O–H groups in total. The minimum absolute atomic E-state index is 0.0391. The molecule has 1 rings (SSSR count). The van der Waals surface area contributed by atoms with Crippen LogP contribution in [0.5, 0.6) is 0 Å². The Balaban J connectivity index is 3.02. The Bertz CT molecular complexity index is 492. The fraction of sp³-hybridized carbons (Fsp3) is 0.833. The van der Waals surface area contributed by atoms with Crippen molar-refractivity contribution in [2.75, 3.05) is 30.3 Å². The second kappa shape index (κ2) is 7.35. The molecule has 0 aromatic heterocycles. The number of carbonyl (C=O) groups excluding carboxylic acids is 1. The number of carboxylic acids is 1. The summed E-state index contributed by atoms with van der Waals surface area (Å²) in [5, 5.41) is 8.05. The molecule has 0 aromatic rings. The molecule has 0 spiro atoms. The van der Waals surface area contributed by atoms with Crippen LogP contribution < -0.4 is 0 Å². The van der Waals surface area contributed by atoms with Crippen molar-refractivity contribution in [3.63, 3.8) is 0 Å². The number of amides is 2. The van der Waals surface area contributed by atoms with Gasteiger partial charge in [0.2, 0.25) is 0 Å². The van der Waals surface area contributed by atoms with Gasteiger partial charge in [-0.1, -0.05) is 6.92 Å². The summed E-state index contributed by atoms with van der Waals surface area (Å²) in [6.07, 6.45) is 0. The summed E-state index contributed by atoms with van der Waals surface area (Å²) in [7, 11) is -3.39. The third-order valence-electron chi connectivity index (χ3n) is 3.32.